The van der Waals surface area contributed by atoms with Crippen molar-refractivity contribution in [3.8, 4) is 0 Å². The molecule has 0 radical (unpaired) electrons. The second kappa shape index (κ2) is 10.3. The summed E-state index contributed by atoms with van der Waals surface area (Å²) in [6, 6.07) is 20.8. The Balaban J connectivity index is 1.54. The number of aliphatic hydroxyl groups is 1. The van der Waals surface area contributed by atoms with Gasteiger partial charge in [0.05, 0.1) is 17.0 Å². The molecular formula is C27H28N2O4S. The molecule has 0 aliphatic heterocycles. The summed E-state index contributed by atoms with van der Waals surface area (Å²) in [5, 5.41) is 13.5. The van der Waals surface area contributed by atoms with E-state index in [9.17, 15) is 18.3 Å². The first-order valence-electron chi connectivity index (χ1n) is 11.3. The highest BCUT2D eigenvalue weighted by Gasteiger charge is 2.32. The molecule has 0 saturated heterocycles. The Labute approximate surface area is 200 Å². The smallest absolute Gasteiger partial charge is 0.248 e. The van der Waals surface area contributed by atoms with E-state index in [1.807, 2.05) is 43.3 Å². The number of hydrogen-bond acceptors (Lipinski definition) is 4. The number of benzene rings is 3. The lowest BCUT2D eigenvalue weighted by atomic mass is 9.86. The van der Waals surface area contributed by atoms with Gasteiger partial charge in [0.15, 0.2) is 0 Å². The van der Waals surface area contributed by atoms with Crippen LogP contribution in [0, 0.1) is 0 Å². The number of amides is 1. The lowest BCUT2D eigenvalue weighted by molar-refractivity contribution is -0.111. The largest absolute Gasteiger partial charge is 0.391 e. The molecule has 3 aromatic rings. The molecular weight excluding hydrogens is 448 g/mol. The van der Waals surface area contributed by atoms with Gasteiger partial charge in [-0.25, -0.2) is 13.1 Å². The summed E-state index contributed by atoms with van der Waals surface area (Å²) in [7, 11) is -3.84. The minimum absolute atomic E-state index is 0.152. The quantitative estimate of drug-likeness (QED) is 0.445. The molecule has 0 bridgehead atoms. The predicted molar refractivity (Wildman–Crippen MR) is 134 cm³/mol. The van der Waals surface area contributed by atoms with E-state index in [4.69, 9.17) is 0 Å². The first-order valence-corrected chi connectivity index (χ1v) is 12.8. The molecule has 0 spiro atoms. The molecule has 0 aromatic heterocycles. The molecule has 0 saturated carbocycles. The molecule has 1 aliphatic rings. The Morgan fingerprint density at radius 3 is 2.50 bits per heavy atom. The van der Waals surface area contributed by atoms with Crippen LogP contribution in [-0.2, 0) is 27.7 Å². The van der Waals surface area contributed by atoms with Crippen molar-refractivity contribution in [2.75, 3.05) is 5.32 Å². The average molecular weight is 477 g/mol. The number of aliphatic hydroxyl groups excluding tert-OH is 1. The van der Waals surface area contributed by atoms with Gasteiger partial charge in [-0.3, -0.25) is 4.79 Å². The molecule has 4 rings (SSSR count). The molecule has 6 nitrogen and oxygen atoms in total. The molecule has 0 fully saturated rings. The van der Waals surface area contributed by atoms with Gasteiger partial charge in [-0.15, -0.1) is 0 Å². The first-order chi connectivity index (χ1) is 16.4. The lowest BCUT2D eigenvalue weighted by Crippen LogP contribution is -2.39. The highest BCUT2D eigenvalue weighted by atomic mass is 32.2. The maximum atomic E-state index is 13.0. The van der Waals surface area contributed by atoms with Crippen LogP contribution < -0.4 is 10.0 Å². The monoisotopic (exact) mass is 476 g/mol. The zero-order chi connectivity index (χ0) is 24.1. The summed E-state index contributed by atoms with van der Waals surface area (Å²) < 4.78 is 28.8. The van der Waals surface area contributed by atoms with E-state index in [1.165, 1.54) is 6.08 Å². The van der Waals surface area contributed by atoms with Crippen molar-refractivity contribution in [2.24, 2.45) is 0 Å². The Morgan fingerprint density at radius 1 is 1.06 bits per heavy atom. The number of aryl methyl sites for hydroxylation is 2. The van der Waals surface area contributed by atoms with Crippen molar-refractivity contribution in [3.63, 3.8) is 0 Å². The number of hydrogen-bond donors (Lipinski definition) is 3. The van der Waals surface area contributed by atoms with Crippen LogP contribution >= 0.6 is 0 Å². The molecule has 34 heavy (non-hydrogen) atoms. The third kappa shape index (κ3) is 5.62. The number of carbonyl (C=O) groups excluding carboxylic acids is 1. The minimum atomic E-state index is -3.84. The van der Waals surface area contributed by atoms with Crippen molar-refractivity contribution in [1.82, 2.24) is 4.72 Å². The van der Waals surface area contributed by atoms with Crippen LogP contribution in [0.1, 0.15) is 41.6 Å². The maximum Gasteiger partial charge on any atom is 0.248 e. The van der Waals surface area contributed by atoms with Crippen LogP contribution in [0.25, 0.3) is 6.08 Å². The number of nitrogens with one attached hydrogen (secondary N) is 2. The summed E-state index contributed by atoms with van der Waals surface area (Å²) in [4.78, 5) is 12.6. The first kappa shape index (κ1) is 23.9. The zero-order valence-corrected chi connectivity index (χ0v) is 19.8. The number of anilines is 1. The fourth-order valence-corrected chi connectivity index (χ4v) is 5.32. The normalized spacial score (nSPS) is 17.9. The van der Waals surface area contributed by atoms with Crippen molar-refractivity contribution in [1.29, 1.82) is 0 Å². The van der Waals surface area contributed by atoms with Crippen molar-refractivity contribution < 1.29 is 18.3 Å². The number of fused-ring (bicyclic) bond motifs is 1. The molecule has 1 aliphatic carbocycles. The van der Waals surface area contributed by atoms with Crippen molar-refractivity contribution in [2.45, 2.75) is 43.2 Å². The standard InChI is InChI=1S/C27H28N2O4S/c1-2-19-8-14-23(15-9-19)34(32,33)29-27-24-18-22(13-11-21(24)12-16-25(27)30)28-26(31)17-10-20-6-4-3-5-7-20/h3-11,13-15,17-18,25,27,29-30H,2,12,16H2,1H3,(H,28,31)/b17-10+/t25-,27-/m1/s1. The second-order valence-corrected chi connectivity index (χ2v) is 10.1. The summed E-state index contributed by atoms with van der Waals surface area (Å²) in [6.45, 7) is 2.00. The van der Waals surface area contributed by atoms with Gasteiger partial charge in [0.1, 0.15) is 0 Å². The van der Waals surface area contributed by atoms with Crippen molar-refractivity contribution >= 4 is 27.7 Å². The van der Waals surface area contributed by atoms with E-state index in [0.717, 1.165) is 23.1 Å². The number of sulfonamides is 1. The van der Waals surface area contributed by atoms with Crippen LogP contribution in [0.3, 0.4) is 0 Å². The zero-order valence-electron chi connectivity index (χ0n) is 18.9. The molecule has 7 heteroatoms. The average Bonchev–Trinajstić information content (AvgIpc) is 2.85. The van der Waals surface area contributed by atoms with Gasteiger partial charge in [-0.1, -0.05) is 55.5 Å². The number of rotatable bonds is 7. The van der Waals surface area contributed by atoms with Gasteiger partial charge < -0.3 is 10.4 Å². The molecule has 0 heterocycles. The van der Waals surface area contributed by atoms with E-state index < -0.39 is 22.2 Å². The predicted octanol–water partition coefficient (Wildman–Crippen LogP) is 4.23. The van der Waals surface area contributed by atoms with Crippen LogP contribution in [0.4, 0.5) is 5.69 Å². The molecule has 2 atom stereocenters. The summed E-state index contributed by atoms with van der Waals surface area (Å²) in [6.07, 6.45) is 4.18. The minimum Gasteiger partial charge on any atom is -0.391 e. The SMILES string of the molecule is CCc1ccc(S(=O)(=O)N[C@@H]2c3cc(NC(=O)/C=C/c4ccccc4)ccc3CC[C@H]2O)cc1. The Kier molecular flexibility index (Phi) is 7.26. The highest BCUT2D eigenvalue weighted by Crippen LogP contribution is 2.33. The van der Waals surface area contributed by atoms with Crippen LogP contribution in [0.2, 0.25) is 0 Å². The van der Waals surface area contributed by atoms with E-state index in [-0.39, 0.29) is 10.8 Å². The van der Waals surface area contributed by atoms with Gasteiger partial charge in [0, 0.05) is 11.8 Å². The molecule has 0 unspecified atom stereocenters. The summed E-state index contributed by atoms with van der Waals surface area (Å²) >= 11 is 0. The molecule has 3 aromatic carbocycles. The summed E-state index contributed by atoms with van der Waals surface area (Å²) in [5.74, 6) is -0.298. The highest BCUT2D eigenvalue weighted by molar-refractivity contribution is 7.89. The molecule has 176 valence electrons. The third-order valence-electron chi connectivity index (χ3n) is 5.99. The van der Waals surface area contributed by atoms with Crippen LogP contribution in [0.5, 0.6) is 0 Å². The van der Waals surface area contributed by atoms with Gasteiger partial charge in [-0.05, 0) is 71.9 Å². The number of carbonyl (C=O) groups is 1. The van der Waals surface area contributed by atoms with E-state index >= 15 is 0 Å². The fraction of sp³-hybridized carbons (Fsp3) is 0.222. The van der Waals surface area contributed by atoms with Gasteiger partial charge in [0.2, 0.25) is 15.9 Å². The Bertz CT molecular complexity index is 1290. The van der Waals surface area contributed by atoms with E-state index in [1.54, 1.807) is 42.5 Å². The fourth-order valence-electron chi connectivity index (χ4n) is 4.07. The van der Waals surface area contributed by atoms with Crippen molar-refractivity contribution in [3.05, 3.63) is 101 Å². The lowest BCUT2D eigenvalue weighted by Gasteiger charge is -2.31. The Hall–Kier alpha value is -3.26. The second-order valence-electron chi connectivity index (χ2n) is 8.35. The third-order valence-corrected chi connectivity index (χ3v) is 7.45. The van der Waals surface area contributed by atoms with Gasteiger partial charge in [-0.2, -0.15) is 0 Å². The maximum absolute atomic E-state index is 13.0. The van der Waals surface area contributed by atoms with Crippen LogP contribution in [-0.4, -0.2) is 25.5 Å². The molecule has 3 N–H and O–H groups in total. The topological polar surface area (TPSA) is 95.5 Å². The van der Waals surface area contributed by atoms with Gasteiger partial charge in [0.25, 0.3) is 0 Å². The van der Waals surface area contributed by atoms with Gasteiger partial charge >= 0.3 is 0 Å². The van der Waals surface area contributed by atoms with E-state index in [2.05, 4.69) is 10.0 Å². The Morgan fingerprint density at radius 2 is 1.79 bits per heavy atom. The summed E-state index contributed by atoms with van der Waals surface area (Å²) in [5.41, 5.74) is 4.10. The van der Waals surface area contributed by atoms with E-state index in [0.29, 0.717) is 24.1 Å². The van der Waals surface area contributed by atoms with Crippen LogP contribution in [0.15, 0.2) is 83.8 Å². The molecule has 1 amide bonds.